The number of hydrogen-bond donors (Lipinski definition) is 1. The topological polar surface area (TPSA) is 50.2 Å². The van der Waals surface area contributed by atoms with Gasteiger partial charge in [0.25, 0.3) is 0 Å². The molecule has 0 fully saturated rings. The van der Waals surface area contributed by atoms with Crippen LogP contribution in [-0.4, -0.2) is 15.4 Å². The number of carboxylic acids is 1. The molecular weight excluding hydrogens is 186 g/mol. The van der Waals surface area contributed by atoms with Gasteiger partial charge in [-0.3, -0.25) is 4.79 Å². The van der Waals surface area contributed by atoms with Crippen molar-refractivity contribution in [2.45, 2.75) is 26.7 Å². The van der Waals surface area contributed by atoms with Crippen molar-refractivity contribution in [2.24, 2.45) is 5.92 Å². The Morgan fingerprint density at radius 3 is 2.85 bits per heavy atom. The third-order valence-corrected chi connectivity index (χ3v) is 2.93. The molecule has 1 aromatic heterocycles. The molecular formula is C9H13NO2S. The van der Waals surface area contributed by atoms with E-state index in [9.17, 15) is 4.79 Å². The lowest BCUT2D eigenvalue weighted by Crippen LogP contribution is -2.15. The SMILES string of the molecule is CCC(Cc1csnc1C)C(=O)O. The van der Waals surface area contributed by atoms with E-state index in [1.807, 2.05) is 19.2 Å². The Labute approximate surface area is 81.6 Å². The van der Waals surface area contributed by atoms with Crippen LogP contribution in [0.15, 0.2) is 5.38 Å². The van der Waals surface area contributed by atoms with Gasteiger partial charge in [-0.1, -0.05) is 6.92 Å². The fourth-order valence-corrected chi connectivity index (χ4v) is 1.90. The zero-order chi connectivity index (χ0) is 9.84. The first kappa shape index (κ1) is 10.2. The van der Waals surface area contributed by atoms with Crippen molar-refractivity contribution in [3.05, 3.63) is 16.6 Å². The maximum absolute atomic E-state index is 10.8. The highest BCUT2D eigenvalue weighted by Gasteiger charge is 2.17. The number of aromatic nitrogens is 1. The van der Waals surface area contributed by atoms with E-state index in [1.165, 1.54) is 11.5 Å². The Balaban J connectivity index is 2.67. The first-order valence-electron chi connectivity index (χ1n) is 4.27. The van der Waals surface area contributed by atoms with Crippen molar-refractivity contribution in [3.8, 4) is 0 Å². The molecule has 0 amide bonds. The highest BCUT2D eigenvalue weighted by molar-refractivity contribution is 7.03. The number of aliphatic carboxylic acids is 1. The van der Waals surface area contributed by atoms with Crippen molar-refractivity contribution >= 4 is 17.5 Å². The summed E-state index contributed by atoms with van der Waals surface area (Å²) in [7, 11) is 0. The fourth-order valence-electron chi connectivity index (χ4n) is 1.18. The Kier molecular flexibility index (Phi) is 3.42. The van der Waals surface area contributed by atoms with Crippen molar-refractivity contribution in [3.63, 3.8) is 0 Å². The van der Waals surface area contributed by atoms with Gasteiger partial charge >= 0.3 is 5.97 Å². The lowest BCUT2D eigenvalue weighted by atomic mass is 9.98. The van der Waals surface area contributed by atoms with Crippen LogP contribution >= 0.6 is 11.5 Å². The van der Waals surface area contributed by atoms with Crippen LogP contribution in [0, 0.1) is 12.8 Å². The molecule has 1 atom stereocenters. The Hall–Kier alpha value is -0.900. The zero-order valence-corrected chi connectivity index (χ0v) is 8.60. The van der Waals surface area contributed by atoms with Crippen molar-refractivity contribution in [1.29, 1.82) is 0 Å². The molecule has 1 aromatic rings. The van der Waals surface area contributed by atoms with Crippen LogP contribution in [0.1, 0.15) is 24.6 Å². The molecule has 1 unspecified atom stereocenters. The molecule has 0 spiro atoms. The zero-order valence-electron chi connectivity index (χ0n) is 7.78. The molecule has 4 heteroatoms. The second-order valence-electron chi connectivity index (χ2n) is 3.07. The third kappa shape index (κ3) is 2.52. The molecule has 0 aromatic carbocycles. The predicted octanol–water partition coefficient (Wildman–Crippen LogP) is 2.10. The fraction of sp³-hybridized carbons (Fsp3) is 0.556. The van der Waals surface area contributed by atoms with Crippen LogP contribution in [0.4, 0.5) is 0 Å². The Morgan fingerprint density at radius 1 is 1.77 bits per heavy atom. The molecule has 1 heterocycles. The maximum atomic E-state index is 10.8. The third-order valence-electron chi connectivity index (χ3n) is 2.16. The molecule has 0 aliphatic carbocycles. The standard InChI is InChI=1S/C9H13NO2S/c1-3-7(9(11)12)4-8-5-13-10-6(8)2/h5,7H,3-4H2,1-2H3,(H,11,12). The first-order valence-corrected chi connectivity index (χ1v) is 5.11. The van der Waals surface area contributed by atoms with Crippen molar-refractivity contribution in [2.75, 3.05) is 0 Å². The summed E-state index contributed by atoms with van der Waals surface area (Å²) in [5, 5.41) is 10.8. The number of rotatable bonds is 4. The average Bonchev–Trinajstić information content (AvgIpc) is 2.46. The quantitative estimate of drug-likeness (QED) is 0.808. The summed E-state index contributed by atoms with van der Waals surface area (Å²) in [4.78, 5) is 10.8. The highest BCUT2D eigenvalue weighted by Crippen LogP contribution is 2.16. The van der Waals surface area contributed by atoms with Gasteiger partial charge in [-0.25, -0.2) is 0 Å². The number of hydrogen-bond acceptors (Lipinski definition) is 3. The Bertz CT molecular complexity index is 296. The largest absolute Gasteiger partial charge is 0.481 e. The minimum atomic E-state index is -0.715. The van der Waals surface area contributed by atoms with Crippen LogP contribution in [0.25, 0.3) is 0 Å². The van der Waals surface area contributed by atoms with E-state index in [1.54, 1.807) is 0 Å². The van der Waals surface area contributed by atoms with Gasteiger partial charge < -0.3 is 5.11 Å². The second-order valence-corrected chi connectivity index (χ2v) is 3.70. The van der Waals surface area contributed by atoms with Crippen LogP contribution in [0.2, 0.25) is 0 Å². The van der Waals surface area contributed by atoms with E-state index >= 15 is 0 Å². The lowest BCUT2D eigenvalue weighted by Gasteiger charge is -2.07. The maximum Gasteiger partial charge on any atom is 0.306 e. The summed E-state index contributed by atoms with van der Waals surface area (Å²) >= 11 is 1.39. The summed E-state index contributed by atoms with van der Waals surface area (Å²) in [6.07, 6.45) is 1.28. The van der Waals surface area contributed by atoms with Gasteiger partial charge in [-0.2, -0.15) is 4.37 Å². The predicted molar refractivity (Wildman–Crippen MR) is 52.0 cm³/mol. The van der Waals surface area contributed by atoms with Crippen LogP contribution in [0.5, 0.6) is 0 Å². The highest BCUT2D eigenvalue weighted by atomic mass is 32.1. The smallest absolute Gasteiger partial charge is 0.306 e. The molecule has 1 rings (SSSR count). The van der Waals surface area contributed by atoms with Crippen molar-refractivity contribution < 1.29 is 9.90 Å². The average molecular weight is 199 g/mol. The van der Waals surface area contributed by atoms with Gasteiger partial charge in [0, 0.05) is 5.38 Å². The van der Waals surface area contributed by atoms with E-state index in [-0.39, 0.29) is 5.92 Å². The lowest BCUT2D eigenvalue weighted by molar-refractivity contribution is -0.141. The van der Waals surface area contributed by atoms with Crippen molar-refractivity contribution in [1.82, 2.24) is 4.37 Å². The van der Waals surface area contributed by atoms with Gasteiger partial charge in [0.15, 0.2) is 0 Å². The molecule has 0 aliphatic rings. The number of nitrogens with zero attached hydrogens (tertiary/aromatic N) is 1. The van der Waals surface area contributed by atoms with Gasteiger partial charge in [0.05, 0.1) is 11.6 Å². The molecule has 0 saturated carbocycles. The van der Waals surface area contributed by atoms with E-state index in [4.69, 9.17) is 5.11 Å². The van der Waals surface area contributed by atoms with Crippen LogP contribution < -0.4 is 0 Å². The van der Waals surface area contributed by atoms with E-state index in [0.717, 1.165) is 11.3 Å². The molecule has 3 nitrogen and oxygen atoms in total. The second kappa shape index (κ2) is 4.37. The minimum Gasteiger partial charge on any atom is -0.481 e. The van der Waals surface area contributed by atoms with Crippen LogP contribution in [0.3, 0.4) is 0 Å². The summed E-state index contributed by atoms with van der Waals surface area (Å²) < 4.78 is 4.11. The van der Waals surface area contributed by atoms with Gasteiger partial charge in [-0.15, -0.1) is 0 Å². The molecule has 0 radical (unpaired) electrons. The van der Waals surface area contributed by atoms with E-state index in [2.05, 4.69) is 4.37 Å². The summed E-state index contributed by atoms with van der Waals surface area (Å²) in [6, 6.07) is 0. The summed E-state index contributed by atoms with van der Waals surface area (Å²) in [5.41, 5.74) is 2.03. The van der Waals surface area contributed by atoms with Gasteiger partial charge in [0.2, 0.25) is 0 Å². The van der Waals surface area contributed by atoms with Gasteiger partial charge in [-0.05, 0) is 36.9 Å². The molecule has 0 saturated heterocycles. The van der Waals surface area contributed by atoms with E-state index in [0.29, 0.717) is 12.8 Å². The van der Waals surface area contributed by atoms with Gasteiger partial charge in [0.1, 0.15) is 0 Å². The Morgan fingerprint density at radius 2 is 2.46 bits per heavy atom. The minimum absolute atomic E-state index is 0.268. The molecule has 0 bridgehead atoms. The normalized spacial score (nSPS) is 12.8. The summed E-state index contributed by atoms with van der Waals surface area (Å²) in [5.74, 6) is -0.983. The summed E-state index contributed by atoms with van der Waals surface area (Å²) in [6.45, 7) is 3.81. The first-order chi connectivity index (χ1) is 6.15. The van der Waals surface area contributed by atoms with E-state index < -0.39 is 5.97 Å². The number of carbonyl (C=O) groups is 1. The van der Waals surface area contributed by atoms with Crippen LogP contribution in [-0.2, 0) is 11.2 Å². The molecule has 1 N–H and O–H groups in total. The molecule has 0 aliphatic heterocycles. The monoisotopic (exact) mass is 199 g/mol. The molecule has 72 valence electrons. The number of carboxylic acid groups (broad SMARTS) is 1. The number of aryl methyl sites for hydroxylation is 1. The molecule has 13 heavy (non-hydrogen) atoms.